The molecule has 0 rings (SSSR count). The second-order valence-corrected chi connectivity index (χ2v) is 7.32. The number of rotatable bonds is 20. The average molecular weight is 389 g/mol. The highest BCUT2D eigenvalue weighted by molar-refractivity contribution is 4.91. The molecular formula is C23H48O4. The Labute approximate surface area is 169 Å². The molecule has 0 radical (unpaired) electrons. The van der Waals surface area contributed by atoms with Gasteiger partial charge >= 0.3 is 5.97 Å². The Morgan fingerprint density at radius 1 is 0.481 bits per heavy atom. The Bertz CT molecular complexity index is 304. The van der Waals surface area contributed by atoms with Gasteiger partial charge in [-0.25, -0.2) is 0 Å². The first kappa shape index (κ1) is 26.8. The van der Waals surface area contributed by atoms with Gasteiger partial charge in [-0.05, 0) is 40.0 Å². The predicted molar refractivity (Wildman–Crippen MR) is 114 cm³/mol. The van der Waals surface area contributed by atoms with E-state index in [9.17, 15) is 0 Å². The van der Waals surface area contributed by atoms with E-state index in [1.54, 1.807) is 0 Å². The van der Waals surface area contributed by atoms with Gasteiger partial charge in [0.15, 0.2) is 0 Å². The molecule has 0 aliphatic heterocycles. The number of hydrogen-bond acceptors (Lipinski definition) is 4. The van der Waals surface area contributed by atoms with Crippen LogP contribution in [0, 0.1) is 0 Å². The van der Waals surface area contributed by atoms with Crippen LogP contribution >= 0.6 is 0 Å². The van der Waals surface area contributed by atoms with Crippen molar-refractivity contribution in [3.63, 3.8) is 0 Å². The molecule has 27 heavy (non-hydrogen) atoms. The Kier molecular flexibility index (Phi) is 16.7. The van der Waals surface area contributed by atoms with Gasteiger partial charge in [0.2, 0.25) is 0 Å². The lowest BCUT2D eigenvalue weighted by atomic mass is 9.87. The van der Waals surface area contributed by atoms with Crippen LogP contribution in [-0.2, 0) is 18.9 Å². The summed E-state index contributed by atoms with van der Waals surface area (Å²) < 4.78 is 25.1. The van der Waals surface area contributed by atoms with Crippen LogP contribution in [0.3, 0.4) is 0 Å². The lowest BCUT2D eigenvalue weighted by Crippen LogP contribution is -2.61. The highest BCUT2D eigenvalue weighted by atomic mass is 16.9. The molecule has 0 aromatic heterocycles. The maximum absolute atomic E-state index is 6.59. The van der Waals surface area contributed by atoms with Gasteiger partial charge in [0.1, 0.15) is 5.60 Å². The van der Waals surface area contributed by atoms with Gasteiger partial charge in [0.25, 0.3) is 0 Å². The van der Waals surface area contributed by atoms with E-state index in [-0.39, 0.29) is 0 Å². The Morgan fingerprint density at radius 2 is 1.00 bits per heavy atom. The first-order valence-electron chi connectivity index (χ1n) is 11.7. The average Bonchev–Trinajstić information content (AvgIpc) is 2.65. The standard InChI is InChI=1S/C23H48O4/c1-7-13-15-16-17-18-20-22(19-9-3,27-21-14-8-2)23(24-10-4,25-11-5)26-12-6/h7-21H2,1-6H3. The largest absolute Gasteiger partial charge is 0.367 e. The lowest BCUT2D eigenvalue weighted by Gasteiger charge is -2.48. The van der Waals surface area contributed by atoms with Gasteiger partial charge in [-0.1, -0.05) is 72.1 Å². The highest BCUT2D eigenvalue weighted by Crippen LogP contribution is 2.41. The molecule has 0 aromatic rings. The molecule has 0 heterocycles. The number of unbranched alkanes of at least 4 members (excludes halogenated alkanes) is 6. The maximum atomic E-state index is 6.59. The van der Waals surface area contributed by atoms with Crippen molar-refractivity contribution in [2.45, 2.75) is 124 Å². The fourth-order valence-corrected chi connectivity index (χ4v) is 3.76. The van der Waals surface area contributed by atoms with Crippen LogP contribution in [0.4, 0.5) is 0 Å². The molecule has 0 bridgehead atoms. The first-order chi connectivity index (χ1) is 13.1. The van der Waals surface area contributed by atoms with E-state index in [1.165, 1.54) is 32.1 Å². The molecule has 0 spiro atoms. The minimum atomic E-state index is -1.11. The molecule has 0 saturated carbocycles. The van der Waals surface area contributed by atoms with E-state index < -0.39 is 11.6 Å². The zero-order valence-corrected chi connectivity index (χ0v) is 19.2. The van der Waals surface area contributed by atoms with Crippen LogP contribution in [-0.4, -0.2) is 38.0 Å². The molecule has 0 amide bonds. The molecule has 0 aliphatic carbocycles. The number of hydrogen-bond donors (Lipinski definition) is 0. The van der Waals surface area contributed by atoms with Crippen LogP contribution in [0.2, 0.25) is 0 Å². The molecule has 1 unspecified atom stereocenters. The van der Waals surface area contributed by atoms with Crippen molar-refractivity contribution in [2.24, 2.45) is 0 Å². The van der Waals surface area contributed by atoms with Gasteiger partial charge in [0, 0.05) is 26.4 Å². The molecule has 0 fully saturated rings. The van der Waals surface area contributed by atoms with Crippen molar-refractivity contribution in [3.8, 4) is 0 Å². The molecule has 0 aliphatic rings. The van der Waals surface area contributed by atoms with Crippen molar-refractivity contribution in [3.05, 3.63) is 0 Å². The molecule has 0 N–H and O–H groups in total. The summed E-state index contributed by atoms with van der Waals surface area (Å²) in [6.45, 7) is 15.0. The Hall–Kier alpha value is -0.160. The van der Waals surface area contributed by atoms with Crippen LogP contribution in [0.5, 0.6) is 0 Å². The van der Waals surface area contributed by atoms with E-state index in [4.69, 9.17) is 18.9 Å². The molecule has 164 valence electrons. The van der Waals surface area contributed by atoms with Crippen LogP contribution in [0.15, 0.2) is 0 Å². The van der Waals surface area contributed by atoms with Crippen molar-refractivity contribution < 1.29 is 18.9 Å². The summed E-state index contributed by atoms with van der Waals surface area (Å²) >= 11 is 0. The first-order valence-corrected chi connectivity index (χ1v) is 11.7. The summed E-state index contributed by atoms with van der Waals surface area (Å²) in [5.41, 5.74) is -0.552. The summed E-state index contributed by atoms with van der Waals surface area (Å²) in [7, 11) is 0. The second-order valence-electron chi connectivity index (χ2n) is 7.32. The number of ether oxygens (including phenoxy) is 4. The summed E-state index contributed by atoms with van der Waals surface area (Å²) in [5, 5.41) is 0. The quantitative estimate of drug-likeness (QED) is 0.169. The molecule has 4 nitrogen and oxygen atoms in total. The normalized spacial score (nSPS) is 14.4. The van der Waals surface area contributed by atoms with E-state index >= 15 is 0 Å². The maximum Gasteiger partial charge on any atom is 0.313 e. The van der Waals surface area contributed by atoms with E-state index in [1.807, 2.05) is 20.8 Å². The van der Waals surface area contributed by atoms with Crippen LogP contribution in [0.1, 0.15) is 112 Å². The zero-order valence-electron chi connectivity index (χ0n) is 19.2. The predicted octanol–water partition coefficient (Wildman–Crippen LogP) is 6.86. The summed E-state index contributed by atoms with van der Waals surface area (Å²) in [5.74, 6) is -1.11. The van der Waals surface area contributed by atoms with Gasteiger partial charge in [-0.15, -0.1) is 0 Å². The van der Waals surface area contributed by atoms with Gasteiger partial charge in [-0.2, -0.15) is 0 Å². The van der Waals surface area contributed by atoms with Crippen molar-refractivity contribution in [2.75, 3.05) is 26.4 Å². The molecule has 1 atom stereocenters. The van der Waals surface area contributed by atoms with E-state index in [0.717, 1.165) is 45.1 Å². The topological polar surface area (TPSA) is 36.9 Å². The Morgan fingerprint density at radius 3 is 1.48 bits per heavy atom. The van der Waals surface area contributed by atoms with Gasteiger partial charge < -0.3 is 18.9 Å². The third-order valence-corrected chi connectivity index (χ3v) is 5.03. The molecule has 0 aromatic carbocycles. The summed E-state index contributed by atoms with van der Waals surface area (Å²) in [4.78, 5) is 0. The van der Waals surface area contributed by atoms with Crippen molar-refractivity contribution in [1.29, 1.82) is 0 Å². The minimum absolute atomic E-state index is 0.541. The fraction of sp³-hybridized carbons (Fsp3) is 1.00. The SMILES string of the molecule is CCCCCCCCC(CCC)(OCCCC)C(OCC)(OCC)OCC. The molecule has 0 saturated heterocycles. The molecule has 4 heteroatoms. The third-order valence-electron chi connectivity index (χ3n) is 5.03. The van der Waals surface area contributed by atoms with E-state index in [2.05, 4.69) is 20.8 Å². The highest BCUT2D eigenvalue weighted by Gasteiger charge is 2.55. The van der Waals surface area contributed by atoms with Crippen LogP contribution in [0.25, 0.3) is 0 Å². The Balaban J connectivity index is 5.47. The van der Waals surface area contributed by atoms with Crippen LogP contribution < -0.4 is 0 Å². The molecular weight excluding hydrogens is 340 g/mol. The summed E-state index contributed by atoms with van der Waals surface area (Å²) in [6, 6.07) is 0. The third kappa shape index (κ3) is 9.25. The lowest BCUT2D eigenvalue weighted by molar-refractivity contribution is -0.447. The summed E-state index contributed by atoms with van der Waals surface area (Å²) in [6.07, 6.45) is 12.5. The fourth-order valence-electron chi connectivity index (χ4n) is 3.76. The van der Waals surface area contributed by atoms with Crippen molar-refractivity contribution >= 4 is 0 Å². The van der Waals surface area contributed by atoms with E-state index in [0.29, 0.717) is 19.8 Å². The van der Waals surface area contributed by atoms with Gasteiger partial charge in [-0.3, -0.25) is 0 Å². The van der Waals surface area contributed by atoms with Crippen molar-refractivity contribution in [1.82, 2.24) is 0 Å². The zero-order chi connectivity index (χ0) is 20.4. The smallest absolute Gasteiger partial charge is 0.313 e. The monoisotopic (exact) mass is 388 g/mol. The van der Waals surface area contributed by atoms with Gasteiger partial charge in [0.05, 0.1) is 0 Å². The minimum Gasteiger partial charge on any atom is -0.367 e. The second kappa shape index (κ2) is 16.8.